The summed E-state index contributed by atoms with van der Waals surface area (Å²) in [5.74, 6) is 0.561. The summed E-state index contributed by atoms with van der Waals surface area (Å²) < 4.78 is 0. The van der Waals surface area contributed by atoms with E-state index in [0.717, 1.165) is 25.9 Å². The van der Waals surface area contributed by atoms with Crippen molar-refractivity contribution in [3.05, 3.63) is 22.4 Å². The highest BCUT2D eigenvalue weighted by Crippen LogP contribution is 2.58. The van der Waals surface area contributed by atoms with Gasteiger partial charge in [-0.05, 0) is 56.1 Å². The van der Waals surface area contributed by atoms with Gasteiger partial charge in [0.15, 0.2) is 0 Å². The van der Waals surface area contributed by atoms with Crippen molar-refractivity contribution in [2.75, 3.05) is 13.1 Å². The highest BCUT2D eigenvalue weighted by molar-refractivity contribution is 7.09. The molecule has 1 amide bonds. The zero-order chi connectivity index (χ0) is 13.3. The van der Waals surface area contributed by atoms with Gasteiger partial charge >= 0.3 is 0 Å². The summed E-state index contributed by atoms with van der Waals surface area (Å²) >= 11 is 1.76. The average molecular weight is 315 g/mol. The molecule has 2 unspecified atom stereocenters. The van der Waals surface area contributed by atoms with E-state index in [-0.39, 0.29) is 30.3 Å². The number of rotatable bonds is 4. The molecule has 5 heteroatoms. The van der Waals surface area contributed by atoms with Gasteiger partial charge in [0.2, 0.25) is 5.91 Å². The van der Waals surface area contributed by atoms with E-state index in [4.69, 9.17) is 0 Å². The number of hydrogen-bond donors (Lipinski definition) is 2. The lowest BCUT2D eigenvalue weighted by atomic mass is 9.91. The summed E-state index contributed by atoms with van der Waals surface area (Å²) in [6.45, 7) is 4.26. The monoisotopic (exact) mass is 314 g/mol. The van der Waals surface area contributed by atoms with Gasteiger partial charge in [-0.15, -0.1) is 23.7 Å². The van der Waals surface area contributed by atoms with Gasteiger partial charge in [-0.25, -0.2) is 0 Å². The van der Waals surface area contributed by atoms with Crippen molar-refractivity contribution >= 4 is 29.7 Å². The normalized spacial score (nSPS) is 24.8. The minimum atomic E-state index is 0. The fourth-order valence-electron chi connectivity index (χ4n) is 3.32. The van der Waals surface area contributed by atoms with E-state index in [1.165, 1.54) is 17.7 Å². The molecule has 1 saturated heterocycles. The van der Waals surface area contributed by atoms with E-state index in [2.05, 4.69) is 35.1 Å². The molecule has 2 N–H and O–H groups in total. The van der Waals surface area contributed by atoms with Gasteiger partial charge < -0.3 is 10.6 Å². The van der Waals surface area contributed by atoms with Crippen LogP contribution in [0.25, 0.3) is 0 Å². The van der Waals surface area contributed by atoms with Crippen LogP contribution in [0.3, 0.4) is 0 Å². The highest BCUT2D eigenvalue weighted by Gasteiger charge is 2.57. The van der Waals surface area contributed by atoms with Crippen molar-refractivity contribution < 1.29 is 4.79 Å². The molecule has 112 valence electrons. The Bertz CT molecular complexity index is 443. The summed E-state index contributed by atoms with van der Waals surface area (Å²) in [4.78, 5) is 13.6. The predicted octanol–water partition coefficient (Wildman–Crippen LogP) is 2.61. The molecule has 3 nitrogen and oxygen atoms in total. The molecule has 3 rings (SSSR count). The van der Waals surface area contributed by atoms with Crippen molar-refractivity contribution in [1.82, 2.24) is 10.6 Å². The minimum Gasteiger partial charge on any atom is -0.353 e. The van der Waals surface area contributed by atoms with Crippen molar-refractivity contribution in [2.24, 2.45) is 11.3 Å². The molecule has 0 radical (unpaired) electrons. The van der Waals surface area contributed by atoms with E-state index in [1.807, 2.05) is 0 Å². The largest absolute Gasteiger partial charge is 0.353 e. The number of hydrogen-bond acceptors (Lipinski definition) is 3. The van der Waals surface area contributed by atoms with Crippen LogP contribution in [0.5, 0.6) is 0 Å². The first-order valence-electron chi connectivity index (χ1n) is 7.23. The first-order valence-corrected chi connectivity index (χ1v) is 8.11. The third kappa shape index (κ3) is 3.35. The lowest BCUT2D eigenvalue weighted by molar-refractivity contribution is -0.123. The summed E-state index contributed by atoms with van der Waals surface area (Å²) in [5, 5.41) is 8.67. The van der Waals surface area contributed by atoms with E-state index in [0.29, 0.717) is 5.41 Å². The van der Waals surface area contributed by atoms with Crippen LogP contribution in [0.15, 0.2) is 17.5 Å². The molecule has 2 aliphatic rings. The van der Waals surface area contributed by atoms with Crippen LogP contribution < -0.4 is 10.6 Å². The second-order valence-corrected chi connectivity index (χ2v) is 7.09. The number of thiophene rings is 1. The maximum atomic E-state index is 12.3. The lowest BCUT2D eigenvalue weighted by Gasteiger charge is -2.23. The van der Waals surface area contributed by atoms with Gasteiger partial charge in [-0.1, -0.05) is 6.07 Å². The van der Waals surface area contributed by atoms with E-state index < -0.39 is 0 Å². The zero-order valence-electron chi connectivity index (χ0n) is 11.9. The van der Waals surface area contributed by atoms with Crippen LogP contribution in [0.4, 0.5) is 0 Å². The SMILES string of the molecule is CC(Cc1cccs1)NC(=O)C1CC12CCNCC2.Cl. The third-order valence-electron chi connectivity index (χ3n) is 4.58. The van der Waals surface area contributed by atoms with Gasteiger partial charge in [0.25, 0.3) is 0 Å². The molecule has 0 aromatic carbocycles. The fourth-order valence-corrected chi connectivity index (χ4v) is 4.16. The highest BCUT2D eigenvalue weighted by atomic mass is 35.5. The Labute approximate surface area is 130 Å². The number of amides is 1. The van der Waals surface area contributed by atoms with Crippen molar-refractivity contribution in [2.45, 2.75) is 38.6 Å². The van der Waals surface area contributed by atoms with Crippen LogP contribution >= 0.6 is 23.7 Å². The van der Waals surface area contributed by atoms with Gasteiger partial charge in [0.05, 0.1) is 0 Å². The summed E-state index contributed by atoms with van der Waals surface area (Å²) in [6, 6.07) is 4.45. The number of carbonyl (C=O) groups is 1. The topological polar surface area (TPSA) is 41.1 Å². The number of nitrogens with one attached hydrogen (secondary N) is 2. The number of halogens is 1. The first-order chi connectivity index (χ1) is 9.20. The molecule has 1 aliphatic heterocycles. The van der Waals surface area contributed by atoms with Crippen LogP contribution in [0.2, 0.25) is 0 Å². The minimum absolute atomic E-state index is 0. The first kappa shape index (κ1) is 15.8. The van der Waals surface area contributed by atoms with E-state index >= 15 is 0 Å². The Balaban J connectivity index is 0.00000147. The van der Waals surface area contributed by atoms with Gasteiger partial charge in [-0.3, -0.25) is 4.79 Å². The Morgan fingerprint density at radius 2 is 2.30 bits per heavy atom. The molecule has 1 saturated carbocycles. The molecule has 0 bridgehead atoms. The summed E-state index contributed by atoms with van der Waals surface area (Å²) in [6.07, 6.45) is 4.39. The quantitative estimate of drug-likeness (QED) is 0.897. The molecule has 1 aromatic heterocycles. The number of carbonyl (C=O) groups excluding carboxylic acids is 1. The predicted molar refractivity (Wildman–Crippen MR) is 85.5 cm³/mol. The Morgan fingerprint density at radius 1 is 1.55 bits per heavy atom. The Kier molecular flexibility index (Phi) is 5.10. The second-order valence-electron chi connectivity index (χ2n) is 6.06. The molecule has 1 spiro atoms. The van der Waals surface area contributed by atoms with E-state index in [9.17, 15) is 4.79 Å². The van der Waals surface area contributed by atoms with Crippen LogP contribution in [-0.4, -0.2) is 25.0 Å². The third-order valence-corrected chi connectivity index (χ3v) is 5.48. The molecule has 2 heterocycles. The lowest BCUT2D eigenvalue weighted by Crippen LogP contribution is -2.38. The molecule has 1 aliphatic carbocycles. The maximum Gasteiger partial charge on any atom is 0.223 e. The molecule has 1 aromatic rings. The molecular weight excluding hydrogens is 292 g/mol. The van der Waals surface area contributed by atoms with Crippen molar-refractivity contribution in [3.63, 3.8) is 0 Å². The average Bonchev–Trinajstić information content (AvgIpc) is 2.84. The zero-order valence-corrected chi connectivity index (χ0v) is 13.5. The second kappa shape index (κ2) is 6.46. The van der Waals surface area contributed by atoms with Crippen LogP contribution in [0.1, 0.15) is 31.1 Å². The maximum absolute atomic E-state index is 12.3. The molecular formula is C15H23ClN2OS. The van der Waals surface area contributed by atoms with Gasteiger partial charge in [-0.2, -0.15) is 0 Å². The van der Waals surface area contributed by atoms with Crippen LogP contribution in [0, 0.1) is 11.3 Å². The summed E-state index contributed by atoms with van der Waals surface area (Å²) in [5.41, 5.74) is 0.345. The fraction of sp³-hybridized carbons (Fsp3) is 0.667. The van der Waals surface area contributed by atoms with Crippen molar-refractivity contribution in [1.29, 1.82) is 0 Å². The Hall–Kier alpha value is -0.580. The van der Waals surface area contributed by atoms with Gasteiger partial charge in [0.1, 0.15) is 0 Å². The molecule has 20 heavy (non-hydrogen) atoms. The molecule has 2 atom stereocenters. The van der Waals surface area contributed by atoms with E-state index in [1.54, 1.807) is 11.3 Å². The Morgan fingerprint density at radius 3 is 2.95 bits per heavy atom. The summed E-state index contributed by atoms with van der Waals surface area (Å²) in [7, 11) is 0. The number of piperidine rings is 1. The van der Waals surface area contributed by atoms with Crippen LogP contribution in [-0.2, 0) is 11.2 Å². The smallest absolute Gasteiger partial charge is 0.223 e. The van der Waals surface area contributed by atoms with Crippen molar-refractivity contribution in [3.8, 4) is 0 Å². The standard InChI is InChI=1S/C15H22N2OS.ClH/c1-11(9-12-3-2-8-19-12)17-14(18)13-10-15(13)4-6-16-7-5-15;/h2-3,8,11,13,16H,4-7,9-10H2,1H3,(H,17,18);1H. The van der Waals surface area contributed by atoms with Gasteiger partial charge in [0, 0.05) is 23.3 Å². The molecule has 2 fully saturated rings.